The van der Waals surface area contributed by atoms with E-state index in [0.29, 0.717) is 17.6 Å². The van der Waals surface area contributed by atoms with Gasteiger partial charge in [-0.2, -0.15) is 5.10 Å². The van der Waals surface area contributed by atoms with Crippen LogP contribution in [0.1, 0.15) is 30.0 Å². The second-order valence-corrected chi connectivity index (χ2v) is 6.06. The van der Waals surface area contributed by atoms with Crippen molar-refractivity contribution in [1.82, 2.24) is 20.2 Å². The third-order valence-corrected chi connectivity index (χ3v) is 4.11. The standard InChI is InChI=1S/C19H19N5O/c25-10-4-7-15-12-20-18(14-5-2-1-3-6-14)22-19(15)21-17-11-16(23-24-17)13-8-9-13/h1-7,11-13,25H,8-10H2,(H2,20,21,22,23,24). The number of nitrogens with one attached hydrogen (secondary N) is 2. The highest BCUT2D eigenvalue weighted by molar-refractivity contribution is 5.69. The van der Waals surface area contributed by atoms with E-state index in [1.54, 1.807) is 18.3 Å². The fraction of sp³-hybridized carbons (Fsp3) is 0.211. The highest BCUT2D eigenvalue weighted by Gasteiger charge is 2.25. The third-order valence-electron chi connectivity index (χ3n) is 4.11. The van der Waals surface area contributed by atoms with Crippen molar-refractivity contribution in [2.75, 3.05) is 11.9 Å². The van der Waals surface area contributed by atoms with Crippen molar-refractivity contribution in [1.29, 1.82) is 0 Å². The Morgan fingerprint density at radius 2 is 2.08 bits per heavy atom. The lowest BCUT2D eigenvalue weighted by atomic mass is 10.2. The molecule has 6 heteroatoms. The van der Waals surface area contributed by atoms with Gasteiger partial charge in [-0.05, 0) is 12.8 Å². The Hall–Kier alpha value is -2.99. The van der Waals surface area contributed by atoms with Crippen molar-refractivity contribution >= 4 is 17.7 Å². The Morgan fingerprint density at radius 3 is 2.84 bits per heavy atom. The van der Waals surface area contributed by atoms with Gasteiger partial charge in [0.05, 0.1) is 6.61 Å². The highest BCUT2D eigenvalue weighted by Crippen LogP contribution is 2.39. The number of aromatic nitrogens is 4. The van der Waals surface area contributed by atoms with Crippen LogP contribution in [0.3, 0.4) is 0 Å². The van der Waals surface area contributed by atoms with Crippen molar-refractivity contribution in [3.05, 3.63) is 59.9 Å². The quantitative estimate of drug-likeness (QED) is 0.643. The van der Waals surface area contributed by atoms with E-state index in [1.807, 2.05) is 36.4 Å². The average molecular weight is 333 g/mol. The summed E-state index contributed by atoms with van der Waals surface area (Å²) in [5.74, 6) is 2.65. The van der Waals surface area contributed by atoms with E-state index >= 15 is 0 Å². The Kier molecular flexibility index (Phi) is 4.26. The predicted molar refractivity (Wildman–Crippen MR) is 97.4 cm³/mol. The fourth-order valence-corrected chi connectivity index (χ4v) is 2.64. The van der Waals surface area contributed by atoms with E-state index in [9.17, 15) is 0 Å². The van der Waals surface area contributed by atoms with E-state index in [2.05, 4.69) is 25.5 Å². The molecule has 0 spiro atoms. The molecule has 4 rings (SSSR count). The molecule has 1 fully saturated rings. The van der Waals surface area contributed by atoms with Crippen LogP contribution in [0.25, 0.3) is 17.5 Å². The molecular weight excluding hydrogens is 314 g/mol. The van der Waals surface area contributed by atoms with Crippen molar-refractivity contribution in [3.63, 3.8) is 0 Å². The van der Waals surface area contributed by atoms with Crippen molar-refractivity contribution in [2.45, 2.75) is 18.8 Å². The van der Waals surface area contributed by atoms with E-state index in [-0.39, 0.29) is 6.61 Å². The SMILES string of the molecule is OCC=Cc1cnc(-c2ccccc2)nc1Nc1cc(C2CC2)[nH]n1. The molecule has 0 radical (unpaired) electrons. The van der Waals surface area contributed by atoms with Gasteiger partial charge >= 0.3 is 0 Å². The summed E-state index contributed by atoms with van der Waals surface area (Å²) in [6.07, 6.45) is 7.64. The van der Waals surface area contributed by atoms with Gasteiger partial charge in [0.2, 0.25) is 0 Å². The van der Waals surface area contributed by atoms with Crippen LogP contribution in [0.4, 0.5) is 11.6 Å². The number of hydrogen-bond acceptors (Lipinski definition) is 5. The van der Waals surface area contributed by atoms with Crippen LogP contribution >= 0.6 is 0 Å². The van der Waals surface area contributed by atoms with E-state index in [1.165, 1.54) is 12.8 Å². The number of H-pyrrole nitrogens is 1. The van der Waals surface area contributed by atoms with Crippen LogP contribution in [0.5, 0.6) is 0 Å². The van der Waals surface area contributed by atoms with Gasteiger partial charge in [0.1, 0.15) is 5.82 Å². The summed E-state index contributed by atoms with van der Waals surface area (Å²) in [5, 5.41) is 19.7. The van der Waals surface area contributed by atoms with Gasteiger partial charge in [-0.15, -0.1) is 0 Å². The maximum Gasteiger partial charge on any atom is 0.161 e. The zero-order valence-corrected chi connectivity index (χ0v) is 13.7. The average Bonchev–Trinajstić information content (AvgIpc) is 3.41. The summed E-state index contributed by atoms with van der Waals surface area (Å²) in [5.41, 5.74) is 2.90. The Labute approximate surface area is 145 Å². The van der Waals surface area contributed by atoms with Crippen LogP contribution in [0.15, 0.2) is 48.7 Å². The van der Waals surface area contributed by atoms with Gasteiger partial charge in [-0.25, -0.2) is 9.97 Å². The fourth-order valence-electron chi connectivity index (χ4n) is 2.64. The Balaban J connectivity index is 1.67. The zero-order valence-electron chi connectivity index (χ0n) is 13.7. The maximum absolute atomic E-state index is 9.05. The number of aromatic amines is 1. The largest absolute Gasteiger partial charge is 0.392 e. The molecule has 25 heavy (non-hydrogen) atoms. The highest BCUT2D eigenvalue weighted by atomic mass is 16.2. The Morgan fingerprint density at radius 1 is 1.24 bits per heavy atom. The first kappa shape index (κ1) is 15.5. The zero-order chi connectivity index (χ0) is 17.1. The van der Waals surface area contributed by atoms with Gasteiger partial charge in [0, 0.05) is 35.0 Å². The molecule has 0 saturated heterocycles. The molecule has 0 unspecified atom stereocenters. The van der Waals surface area contributed by atoms with Crippen LogP contribution < -0.4 is 5.32 Å². The molecule has 1 aromatic carbocycles. The topological polar surface area (TPSA) is 86.7 Å². The summed E-state index contributed by atoms with van der Waals surface area (Å²) in [6, 6.07) is 11.9. The first-order valence-electron chi connectivity index (χ1n) is 8.35. The maximum atomic E-state index is 9.05. The van der Waals surface area contributed by atoms with Crippen LogP contribution in [-0.4, -0.2) is 31.9 Å². The molecule has 1 saturated carbocycles. The molecule has 0 amide bonds. The number of anilines is 2. The van der Waals surface area contributed by atoms with E-state index < -0.39 is 0 Å². The third kappa shape index (κ3) is 3.59. The monoisotopic (exact) mass is 333 g/mol. The summed E-state index contributed by atoms with van der Waals surface area (Å²) >= 11 is 0. The van der Waals surface area contributed by atoms with E-state index in [4.69, 9.17) is 5.11 Å². The molecule has 3 aromatic rings. The van der Waals surface area contributed by atoms with Gasteiger partial charge in [0.15, 0.2) is 11.6 Å². The molecule has 6 nitrogen and oxygen atoms in total. The smallest absolute Gasteiger partial charge is 0.161 e. The van der Waals surface area contributed by atoms with E-state index in [0.717, 1.165) is 22.6 Å². The first-order chi connectivity index (χ1) is 12.3. The molecule has 1 aliphatic carbocycles. The number of aliphatic hydroxyl groups excluding tert-OH is 1. The molecule has 2 heterocycles. The molecule has 1 aliphatic rings. The molecule has 3 N–H and O–H groups in total. The number of rotatable bonds is 6. The molecular formula is C19H19N5O. The van der Waals surface area contributed by atoms with Crippen molar-refractivity contribution < 1.29 is 5.11 Å². The molecule has 0 aliphatic heterocycles. The lowest BCUT2D eigenvalue weighted by Gasteiger charge is -2.08. The van der Waals surface area contributed by atoms with Crippen molar-refractivity contribution in [2.24, 2.45) is 0 Å². The second kappa shape index (κ2) is 6.86. The number of hydrogen-bond donors (Lipinski definition) is 3. The summed E-state index contributed by atoms with van der Waals surface area (Å²) in [4.78, 5) is 9.09. The number of benzene rings is 1. The minimum atomic E-state index is -0.0336. The van der Waals surface area contributed by atoms with Gasteiger partial charge in [-0.3, -0.25) is 5.10 Å². The molecule has 0 bridgehead atoms. The van der Waals surface area contributed by atoms with Gasteiger partial charge in [-0.1, -0.05) is 42.5 Å². The summed E-state index contributed by atoms with van der Waals surface area (Å²) < 4.78 is 0. The summed E-state index contributed by atoms with van der Waals surface area (Å²) in [6.45, 7) is -0.0336. The van der Waals surface area contributed by atoms with Crippen molar-refractivity contribution in [3.8, 4) is 11.4 Å². The molecule has 0 atom stereocenters. The minimum Gasteiger partial charge on any atom is -0.392 e. The van der Waals surface area contributed by atoms with Gasteiger partial charge in [0.25, 0.3) is 0 Å². The van der Waals surface area contributed by atoms with Crippen LogP contribution in [0, 0.1) is 0 Å². The number of nitrogens with zero attached hydrogens (tertiary/aromatic N) is 3. The second-order valence-electron chi connectivity index (χ2n) is 6.06. The van der Waals surface area contributed by atoms with Crippen LogP contribution in [-0.2, 0) is 0 Å². The summed E-state index contributed by atoms with van der Waals surface area (Å²) in [7, 11) is 0. The predicted octanol–water partition coefficient (Wildman–Crippen LogP) is 3.49. The minimum absolute atomic E-state index is 0.0336. The molecule has 2 aromatic heterocycles. The molecule has 126 valence electrons. The van der Waals surface area contributed by atoms with Gasteiger partial charge < -0.3 is 10.4 Å². The lowest BCUT2D eigenvalue weighted by Crippen LogP contribution is -2.00. The first-order valence-corrected chi connectivity index (χ1v) is 8.35. The Bertz CT molecular complexity index is 884. The number of aliphatic hydroxyl groups is 1. The normalized spacial score (nSPS) is 14.1. The van der Waals surface area contributed by atoms with Crippen LogP contribution in [0.2, 0.25) is 0 Å². The lowest BCUT2D eigenvalue weighted by molar-refractivity contribution is 0.343.